The molecule has 1 N–H and O–H groups in total. The van der Waals surface area contributed by atoms with Crippen LogP contribution in [0, 0.1) is 11.7 Å². The molecule has 1 aromatic carbocycles. The number of carbonyl (C=O) groups is 2. The van der Waals surface area contributed by atoms with Crippen molar-refractivity contribution in [2.75, 3.05) is 18.4 Å². The largest absolute Gasteiger partial charge is 0.338 e. The Bertz CT molecular complexity index is 1230. The van der Waals surface area contributed by atoms with E-state index in [1.165, 1.54) is 23.2 Å². The second-order valence-corrected chi connectivity index (χ2v) is 8.79. The van der Waals surface area contributed by atoms with Gasteiger partial charge in [0.1, 0.15) is 11.5 Å². The molecule has 2 fully saturated rings. The van der Waals surface area contributed by atoms with Crippen molar-refractivity contribution < 1.29 is 22.8 Å². The summed E-state index contributed by atoms with van der Waals surface area (Å²) in [6, 6.07) is 7.70. The van der Waals surface area contributed by atoms with Crippen LogP contribution in [0.2, 0.25) is 0 Å². The van der Waals surface area contributed by atoms with Gasteiger partial charge in [-0.1, -0.05) is 6.42 Å². The Morgan fingerprint density at radius 3 is 2.55 bits per heavy atom. The predicted molar refractivity (Wildman–Crippen MR) is 117 cm³/mol. The molecule has 2 aromatic heterocycles. The van der Waals surface area contributed by atoms with Gasteiger partial charge in [0.25, 0.3) is 11.8 Å². The molecule has 1 aliphatic heterocycles. The number of aromatic nitrogens is 2. The molecular formula is C24H23F3N4O2. The fourth-order valence-corrected chi connectivity index (χ4v) is 4.27. The Balaban J connectivity index is 1.39. The van der Waals surface area contributed by atoms with E-state index < -0.39 is 11.7 Å². The number of fused-ring (bicyclic) bond motifs is 1. The summed E-state index contributed by atoms with van der Waals surface area (Å²) in [5.74, 6) is -3.68. The third kappa shape index (κ3) is 4.31. The first-order valence-electron chi connectivity index (χ1n) is 11.1. The lowest BCUT2D eigenvalue weighted by atomic mass is 9.85. The molecule has 3 heterocycles. The zero-order valence-electron chi connectivity index (χ0n) is 17.9. The highest BCUT2D eigenvalue weighted by Crippen LogP contribution is 2.30. The second-order valence-electron chi connectivity index (χ2n) is 8.79. The standard InChI is InChI=1S/C24H23F3N4O2/c25-18-11-19(29-22(32)15-2-1-3-15)13-20(12-18)31-7-4-16-10-17(14-28-21(16)31)23(33)30-8-5-24(26,27)6-9-30/h4,7,10-15H,1-3,5-6,8-9H2,(H,29,32). The second kappa shape index (κ2) is 8.20. The van der Waals surface area contributed by atoms with Crippen molar-refractivity contribution in [1.82, 2.24) is 14.5 Å². The van der Waals surface area contributed by atoms with Gasteiger partial charge in [-0.15, -0.1) is 0 Å². The molecule has 6 nitrogen and oxygen atoms in total. The van der Waals surface area contributed by atoms with Crippen molar-refractivity contribution in [3.8, 4) is 5.69 Å². The van der Waals surface area contributed by atoms with Gasteiger partial charge in [0.15, 0.2) is 0 Å². The molecule has 1 saturated heterocycles. The number of piperidine rings is 1. The summed E-state index contributed by atoms with van der Waals surface area (Å²) in [6.45, 7) is 0.00700. The molecule has 1 aliphatic carbocycles. The van der Waals surface area contributed by atoms with Crippen molar-refractivity contribution in [3.63, 3.8) is 0 Å². The zero-order chi connectivity index (χ0) is 23.2. The highest BCUT2D eigenvalue weighted by Gasteiger charge is 2.36. The number of alkyl halides is 2. The van der Waals surface area contributed by atoms with Gasteiger partial charge in [0.2, 0.25) is 5.91 Å². The molecule has 0 radical (unpaired) electrons. The minimum Gasteiger partial charge on any atom is -0.338 e. The summed E-state index contributed by atoms with van der Waals surface area (Å²) >= 11 is 0. The molecule has 0 atom stereocenters. The summed E-state index contributed by atoms with van der Waals surface area (Å²) in [4.78, 5) is 30.8. The monoisotopic (exact) mass is 456 g/mol. The van der Waals surface area contributed by atoms with Crippen LogP contribution in [-0.2, 0) is 4.79 Å². The molecule has 9 heteroatoms. The maximum atomic E-state index is 14.3. The Morgan fingerprint density at radius 1 is 1.09 bits per heavy atom. The zero-order valence-corrected chi connectivity index (χ0v) is 17.9. The third-order valence-electron chi connectivity index (χ3n) is 6.46. The van der Waals surface area contributed by atoms with Crippen molar-refractivity contribution >= 4 is 28.5 Å². The molecule has 5 rings (SSSR count). The minimum atomic E-state index is -2.72. The predicted octanol–water partition coefficient (Wildman–Crippen LogP) is 4.77. The quantitative estimate of drug-likeness (QED) is 0.615. The van der Waals surface area contributed by atoms with E-state index in [1.54, 1.807) is 29.0 Å². The molecule has 0 spiro atoms. The first-order chi connectivity index (χ1) is 15.8. The van der Waals surface area contributed by atoms with E-state index in [0.717, 1.165) is 19.3 Å². The summed E-state index contributed by atoms with van der Waals surface area (Å²) < 4.78 is 42.8. The number of halogens is 3. The average molecular weight is 456 g/mol. The molecule has 2 aliphatic rings. The SMILES string of the molecule is O=C(Nc1cc(F)cc(-n2ccc3cc(C(=O)N4CCC(F)(F)CC4)cnc32)c1)C1CCC1. The fraction of sp³-hybridized carbons (Fsp3) is 0.375. The van der Waals surface area contributed by atoms with Crippen LogP contribution in [0.1, 0.15) is 42.5 Å². The highest BCUT2D eigenvalue weighted by atomic mass is 19.3. The molecule has 0 unspecified atom stereocenters. The van der Waals surface area contributed by atoms with Gasteiger partial charge in [0, 0.05) is 55.3 Å². The van der Waals surface area contributed by atoms with Crippen LogP contribution in [0.25, 0.3) is 16.7 Å². The molecule has 1 saturated carbocycles. The topological polar surface area (TPSA) is 67.2 Å². The Labute approximate surface area is 188 Å². The summed E-state index contributed by atoms with van der Waals surface area (Å²) in [7, 11) is 0. The van der Waals surface area contributed by atoms with Crippen molar-refractivity contribution in [2.24, 2.45) is 5.92 Å². The summed E-state index contributed by atoms with van der Waals surface area (Å²) in [5, 5.41) is 3.44. The number of hydrogen-bond donors (Lipinski definition) is 1. The van der Waals surface area contributed by atoms with Crippen LogP contribution in [0.5, 0.6) is 0 Å². The van der Waals surface area contributed by atoms with Crippen LogP contribution < -0.4 is 5.32 Å². The lowest BCUT2D eigenvalue weighted by Crippen LogP contribution is -2.42. The number of carbonyl (C=O) groups excluding carboxylic acids is 2. The normalized spacial score (nSPS) is 18.2. The first kappa shape index (κ1) is 21.5. The maximum Gasteiger partial charge on any atom is 0.255 e. The van der Waals surface area contributed by atoms with E-state index >= 15 is 0 Å². The number of benzene rings is 1. The van der Waals surface area contributed by atoms with Crippen LogP contribution in [0.15, 0.2) is 42.7 Å². The number of anilines is 1. The fourth-order valence-electron chi connectivity index (χ4n) is 4.27. The van der Waals surface area contributed by atoms with Crippen molar-refractivity contribution in [1.29, 1.82) is 0 Å². The minimum absolute atomic E-state index is 0.00350. The lowest BCUT2D eigenvalue weighted by molar-refractivity contribution is -0.122. The van der Waals surface area contributed by atoms with Crippen LogP contribution in [-0.4, -0.2) is 45.3 Å². The van der Waals surface area contributed by atoms with Crippen molar-refractivity contribution in [3.05, 3.63) is 54.1 Å². The van der Waals surface area contributed by atoms with E-state index in [0.29, 0.717) is 28.0 Å². The van der Waals surface area contributed by atoms with Gasteiger partial charge < -0.3 is 14.8 Å². The number of nitrogens with one attached hydrogen (secondary N) is 1. The number of pyridine rings is 1. The Morgan fingerprint density at radius 2 is 1.85 bits per heavy atom. The molecule has 2 amide bonds. The van der Waals surface area contributed by atoms with E-state index in [4.69, 9.17) is 0 Å². The van der Waals surface area contributed by atoms with E-state index in [9.17, 15) is 22.8 Å². The smallest absolute Gasteiger partial charge is 0.255 e. The van der Waals surface area contributed by atoms with Gasteiger partial charge in [-0.3, -0.25) is 9.59 Å². The Hall–Kier alpha value is -3.36. The lowest BCUT2D eigenvalue weighted by Gasteiger charge is -2.31. The summed E-state index contributed by atoms with van der Waals surface area (Å²) in [6.07, 6.45) is 5.16. The average Bonchev–Trinajstić information content (AvgIpc) is 3.15. The van der Waals surface area contributed by atoms with E-state index in [-0.39, 0.29) is 43.7 Å². The van der Waals surface area contributed by atoms with Gasteiger partial charge in [-0.25, -0.2) is 18.2 Å². The van der Waals surface area contributed by atoms with Gasteiger partial charge in [-0.05, 0) is 43.2 Å². The maximum absolute atomic E-state index is 14.3. The van der Waals surface area contributed by atoms with E-state index in [2.05, 4.69) is 10.3 Å². The van der Waals surface area contributed by atoms with Crippen molar-refractivity contribution in [2.45, 2.75) is 38.0 Å². The highest BCUT2D eigenvalue weighted by molar-refractivity contribution is 5.97. The first-order valence-corrected chi connectivity index (χ1v) is 11.1. The van der Waals surface area contributed by atoms with Crippen LogP contribution in [0.4, 0.5) is 18.9 Å². The molecule has 0 bridgehead atoms. The van der Waals surface area contributed by atoms with Gasteiger partial charge >= 0.3 is 0 Å². The van der Waals surface area contributed by atoms with Gasteiger partial charge in [-0.2, -0.15) is 0 Å². The molecule has 33 heavy (non-hydrogen) atoms. The number of rotatable bonds is 4. The molecule has 3 aromatic rings. The number of likely N-dealkylation sites (tertiary alicyclic amines) is 1. The number of hydrogen-bond acceptors (Lipinski definition) is 3. The molecular weight excluding hydrogens is 433 g/mol. The van der Waals surface area contributed by atoms with Crippen LogP contribution >= 0.6 is 0 Å². The number of nitrogens with zero attached hydrogens (tertiary/aromatic N) is 3. The van der Waals surface area contributed by atoms with E-state index in [1.807, 2.05) is 0 Å². The number of amides is 2. The van der Waals surface area contributed by atoms with Crippen LogP contribution in [0.3, 0.4) is 0 Å². The summed E-state index contributed by atoms with van der Waals surface area (Å²) in [5.41, 5.74) is 1.69. The molecule has 172 valence electrons. The van der Waals surface area contributed by atoms with Gasteiger partial charge in [0.05, 0.1) is 11.3 Å². The third-order valence-corrected chi connectivity index (χ3v) is 6.46. The Kier molecular flexibility index (Phi) is 5.34.